The van der Waals surface area contributed by atoms with Gasteiger partial charge in [-0.1, -0.05) is 5.16 Å². The number of nitrogens with one attached hydrogen (secondary N) is 1. The summed E-state index contributed by atoms with van der Waals surface area (Å²) in [7, 11) is 1.90. The first-order valence-electron chi connectivity index (χ1n) is 6.33. The molecule has 7 nitrogen and oxygen atoms in total. The molecule has 0 spiro atoms. The molecule has 0 bridgehead atoms. The number of hydrogen-bond acceptors (Lipinski definition) is 6. The predicted molar refractivity (Wildman–Crippen MR) is 67.5 cm³/mol. The van der Waals surface area contributed by atoms with Crippen LogP contribution in [0.1, 0.15) is 23.3 Å². The minimum Gasteiger partial charge on any atom is -0.367 e. The molecule has 102 valence electrons. The van der Waals surface area contributed by atoms with Crippen LogP contribution in [0.15, 0.2) is 4.52 Å². The smallest absolute Gasteiger partial charge is 0.261 e. The van der Waals surface area contributed by atoms with Crippen molar-refractivity contribution in [2.24, 2.45) is 7.05 Å². The highest BCUT2D eigenvalue weighted by atomic mass is 16.5. The number of ether oxygens (including phenoxy) is 1. The summed E-state index contributed by atoms with van der Waals surface area (Å²) in [5.41, 5.74) is 2.80. The molecule has 1 aliphatic heterocycles. The fourth-order valence-corrected chi connectivity index (χ4v) is 2.28. The second-order valence-corrected chi connectivity index (χ2v) is 4.69. The van der Waals surface area contributed by atoms with Crippen LogP contribution >= 0.6 is 0 Å². The first-order chi connectivity index (χ1) is 9.16. The third-order valence-corrected chi connectivity index (χ3v) is 3.38. The molecule has 0 aromatic carbocycles. The van der Waals surface area contributed by atoms with Gasteiger partial charge in [0.05, 0.1) is 17.9 Å². The van der Waals surface area contributed by atoms with Crippen LogP contribution in [0.2, 0.25) is 0 Å². The fraction of sp³-hybridized carbons (Fsp3) is 0.583. The van der Waals surface area contributed by atoms with Gasteiger partial charge in [0, 0.05) is 25.8 Å². The van der Waals surface area contributed by atoms with Gasteiger partial charge < -0.3 is 14.6 Å². The van der Waals surface area contributed by atoms with Crippen LogP contribution in [0.4, 0.5) is 0 Å². The number of rotatable bonds is 2. The maximum atomic E-state index is 5.61. The third kappa shape index (κ3) is 2.15. The summed E-state index contributed by atoms with van der Waals surface area (Å²) in [6.45, 7) is 6.16. The van der Waals surface area contributed by atoms with Crippen molar-refractivity contribution in [3.8, 4) is 11.5 Å². The highest BCUT2D eigenvalue weighted by Crippen LogP contribution is 2.26. The van der Waals surface area contributed by atoms with Gasteiger partial charge in [0.1, 0.15) is 6.10 Å². The van der Waals surface area contributed by atoms with Crippen molar-refractivity contribution in [1.82, 2.24) is 25.2 Å². The van der Waals surface area contributed by atoms with E-state index in [1.807, 2.05) is 25.6 Å². The van der Waals surface area contributed by atoms with Gasteiger partial charge in [0.25, 0.3) is 5.89 Å². The minimum atomic E-state index is -0.136. The number of morpholine rings is 1. The van der Waals surface area contributed by atoms with Crippen LogP contribution < -0.4 is 5.32 Å². The maximum Gasteiger partial charge on any atom is 0.261 e. The van der Waals surface area contributed by atoms with Gasteiger partial charge in [-0.05, 0) is 13.8 Å². The second-order valence-electron chi connectivity index (χ2n) is 4.69. The Morgan fingerprint density at radius 2 is 2.21 bits per heavy atom. The third-order valence-electron chi connectivity index (χ3n) is 3.38. The largest absolute Gasteiger partial charge is 0.367 e. The molecule has 1 saturated heterocycles. The lowest BCUT2D eigenvalue weighted by atomic mass is 10.2. The predicted octanol–water partition coefficient (Wildman–Crippen LogP) is 0.748. The Labute approximate surface area is 110 Å². The Bertz CT molecular complexity index is 583. The number of aryl methyl sites for hydroxylation is 2. The molecular formula is C12H17N5O2. The number of aromatic nitrogens is 4. The highest BCUT2D eigenvalue weighted by Gasteiger charge is 2.24. The first kappa shape index (κ1) is 12.3. The van der Waals surface area contributed by atoms with Crippen molar-refractivity contribution in [2.45, 2.75) is 20.0 Å². The van der Waals surface area contributed by atoms with Crippen LogP contribution in [0.3, 0.4) is 0 Å². The Kier molecular flexibility index (Phi) is 3.08. The van der Waals surface area contributed by atoms with Gasteiger partial charge in [-0.15, -0.1) is 0 Å². The van der Waals surface area contributed by atoms with Crippen LogP contribution in [0.25, 0.3) is 11.5 Å². The quantitative estimate of drug-likeness (QED) is 0.861. The molecular weight excluding hydrogens is 246 g/mol. The topological polar surface area (TPSA) is 78.0 Å². The van der Waals surface area contributed by atoms with E-state index in [-0.39, 0.29) is 6.10 Å². The first-order valence-corrected chi connectivity index (χ1v) is 6.33. The normalized spacial score (nSPS) is 19.8. The van der Waals surface area contributed by atoms with Crippen LogP contribution in [-0.4, -0.2) is 39.6 Å². The Balaban J connectivity index is 1.92. The molecule has 2 aromatic rings. The molecule has 0 radical (unpaired) electrons. The van der Waals surface area contributed by atoms with Crippen molar-refractivity contribution < 1.29 is 9.26 Å². The van der Waals surface area contributed by atoms with Gasteiger partial charge in [-0.25, -0.2) is 0 Å². The fourth-order valence-electron chi connectivity index (χ4n) is 2.28. The van der Waals surface area contributed by atoms with E-state index in [2.05, 4.69) is 20.6 Å². The molecule has 1 atom stereocenters. The molecule has 3 heterocycles. The standard InChI is InChI=1S/C12H17N5O2/c1-7-10(8(2)17(3)15-7)12-14-11(16-19-12)9-6-13-4-5-18-9/h9,13H,4-6H2,1-3H3. The molecule has 7 heteroatoms. The minimum absolute atomic E-state index is 0.136. The Hall–Kier alpha value is -1.73. The van der Waals surface area contributed by atoms with Gasteiger partial charge in [-0.2, -0.15) is 10.1 Å². The Morgan fingerprint density at radius 1 is 1.37 bits per heavy atom. The van der Waals surface area contributed by atoms with Gasteiger partial charge >= 0.3 is 0 Å². The van der Waals surface area contributed by atoms with Crippen LogP contribution in [0, 0.1) is 13.8 Å². The summed E-state index contributed by atoms with van der Waals surface area (Å²) in [5, 5.41) is 11.6. The zero-order chi connectivity index (χ0) is 13.4. The molecule has 3 rings (SSSR count). The summed E-state index contributed by atoms with van der Waals surface area (Å²) >= 11 is 0. The average molecular weight is 263 g/mol. The van der Waals surface area contributed by atoms with E-state index in [0.29, 0.717) is 24.9 Å². The highest BCUT2D eigenvalue weighted by molar-refractivity contribution is 5.59. The molecule has 1 aliphatic rings. The van der Waals surface area contributed by atoms with E-state index in [0.717, 1.165) is 23.5 Å². The number of nitrogens with zero attached hydrogens (tertiary/aromatic N) is 4. The molecule has 2 aromatic heterocycles. The molecule has 1 fully saturated rings. The summed E-state index contributed by atoms with van der Waals surface area (Å²) in [5.74, 6) is 1.09. The summed E-state index contributed by atoms with van der Waals surface area (Å²) in [4.78, 5) is 4.44. The van der Waals surface area contributed by atoms with Crippen molar-refractivity contribution in [3.63, 3.8) is 0 Å². The zero-order valence-corrected chi connectivity index (χ0v) is 11.3. The van der Waals surface area contributed by atoms with E-state index in [1.54, 1.807) is 0 Å². The molecule has 1 N–H and O–H groups in total. The summed E-state index contributed by atoms with van der Waals surface area (Å²) in [6.07, 6.45) is -0.136. The summed E-state index contributed by atoms with van der Waals surface area (Å²) < 4.78 is 12.8. The monoisotopic (exact) mass is 263 g/mol. The van der Waals surface area contributed by atoms with Crippen molar-refractivity contribution in [1.29, 1.82) is 0 Å². The maximum absolute atomic E-state index is 5.61. The van der Waals surface area contributed by atoms with Gasteiger partial charge in [0.15, 0.2) is 0 Å². The average Bonchev–Trinajstić information content (AvgIpc) is 2.97. The zero-order valence-electron chi connectivity index (χ0n) is 11.3. The van der Waals surface area contributed by atoms with Crippen molar-refractivity contribution in [3.05, 3.63) is 17.2 Å². The molecule has 1 unspecified atom stereocenters. The number of hydrogen-bond donors (Lipinski definition) is 1. The molecule has 0 amide bonds. The van der Waals surface area contributed by atoms with Gasteiger partial charge in [0.2, 0.25) is 5.82 Å². The molecule has 0 saturated carbocycles. The van der Waals surface area contributed by atoms with Crippen molar-refractivity contribution in [2.75, 3.05) is 19.7 Å². The second kappa shape index (κ2) is 4.75. The van der Waals surface area contributed by atoms with Crippen LogP contribution in [0.5, 0.6) is 0 Å². The SMILES string of the molecule is Cc1nn(C)c(C)c1-c1nc(C2CNCCO2)no1. The van der Waals surface area contributed by atoms with E-state index in [4.69, 9.17) is 9.26 Å². The Morgan fingerprint density at radius 3 is 2.84 bits per heavy atom. The van der Waals surface area contributed by atoms with E-state index in [1.165, 1.54) is 0 Å². The summed E-state index contributed by atoms with van der Waals surface area (Å²) in [6, 6.07) is 0. The van der Waals surface area contributed by atoms with E-state index >= 15 is 0 Å². The van der Waals surface area contributed by atoms with E-state index in [9.17, 15) is 0 Å². The lowest BCUT2D eigenvalue weighted by Crippen LogP contribution is -2.33. The van der Waals surface area contributed by atoms with Crippen LogP contribution in [-0.2, 0) is 11.8 Å². The molecule has 0 aliphatic carbocycles. The molecule has 19 heavy (non-hydrogen) atoms. The van der Waals surface area contributed by atoms with E-state index < -0.39 is 0 Å². The lowest BCUT2D eigenvalue weighted by molar-refractivity contribution is 0.0208. The van der Waals surface area contributed by atoms with Crippen molar-refractivity contribution >= 4 is 0 Å². The van der Waals surface area contributed by atoms with Gasteiger partial charge in [-0.3, -0.25) is 4.68 Å². The lowest BCUT2D eigenvalue weighted by Gasteiger charge is -2.20.